The molecule has 0 spiro atoms. The van der Waals surface area contributed by atoms with Crippen molar-refractivity contribution in [3.63, 3.8) is 0 Å². The Hall–Kier alpha value is -1.61. The molecular formula is C18H20ClF3N2O2S. The highest BCUT2D eigenvalue weighted by molar-refractivity contribution is 7.89. The molecular weight excluding hydrogens is 401 g/mol. The molecule has 1 saturated heterocycles. The topological polar surface area (TPSA) is 40.6 Å². The molecule has 0 saturated carbocycles. The number of nitrogens with zero attached hydrogens (tertiary/aromatic N) is 2. The molecule has 1 aliphatic rings. The van der Waals surface area contributed by atoms with Crippen molar-refractivity contribution in [2.24, 2.45) is 0 Å². The number of halogens is 4. The normalized spacial score (nSPS) is 16.7. The maximum Gasteiger partial charge on any atom is 0.416 e. The van der Waals surface area contributed by atoms with Gasteiger partial charge in [0, 0.05) is 32.7 Å². The fourth-order valence-electron chi connectivity index (χ4n) is 2.95. The van der Waals surface area contributed by atoms with Crippen LogP contribution in [-0.2, 0) is 22.7 Å². The number of alkyl halides is 3. The van der Waals surface area contributed by atoms with Crippen LogP contribution in [-0.4, -0.2) is 43.8 Å². The summed E-state index contributed by atoms with van der Waals surface area (Å²) in [6.07, 6.45) is -4.57. The van der Waals surface area contributed by atoms with Crippen LogP contribution in [0, 0.1) is 0 Å². The molecule has 0 aromatic heterocycles. The zero-order valence-electron chi connectivity index (χ0n) is 14.4. The summed E-state index contributed by atoms with van der Waals surface area (Å²) in [4.78, 5) is 1.82. The highest BCUT2D eigenvalue weighted by atomic mass is 35.5. The summed E-state index contributed by atoms with van der Waals surface area (Å²) in [5, 5.41) is 0. The zero-order valence-corrected chi connectivity index (χ0v) is 16.0. The van der Waals surface area contributed by atoms with Crippen LogP contribution in [0.25, 0.3) is 0 Å². The minimum absolute atomic E-state index is 0. The van der Waals surface area contributed by atoms with E-state index in [1.807, 2.05) is 30.3 Å². The van der Waals surface area contributed by atoms with Gasteiger partial charge in [0.1, 0.15) is 0 Å². The number of hydrogen-bond acceptors (Lipinski definition) is 3. The number of piperazine rings is 1. The van der Waals surface area contributed by atoms with Crippen molar-refractivity contribution >= 4 is 22.4 Å². The van der Waals surface area contributed by atoms with Gasteiger partial charge in [0.25, 0.3) is 0 Å². The molecule has 0 unspecified atom stereocenters. The van der Waals surface area contributed by atoms with Gasteiger partial charge < -0.3 is 0 Å². The van der Waals surface area contributed by atoms with Gasteiger partial charge in [-0.3, -0.25) is 4.90 Å². The molecule has 0 aliphatic carbocycles. The van der Waals surface area contributed by atoms with Crippen molar-refractivity contribution in [2.75, 3.05) is 26.2 Å². The van der Waals surface area contributed by atoms with Gasteiger partial charge in [0.2, 0.25) is 10.0 Å². The number of benzene rings is 2. The predicted octanol–water partition coefficient (Wildman–Crippen LogP) is 3.63. The smallest absolute Gasteiger partial charge is 0.296 e. The summed E-state index contributed by atoms with van der Waals surface area (Å²) < 4.78 is 65.1. The lowest BCUT2D eigenvalue weighted by atomic mass is 10.2. The summed E-state index contributed by atoms with van der Waals surface area (Å²) in [6.45, 7) is 2.30. The van der Waals surface area contributed by atoms with Crippen LogP contribution in [0.15, 0.2) is 59.5 Å². The highest BCUT2D eigenvalue weighted by Gasteiger charge is 2.33. The minimum Gasteiger partial charge on any atom is -0.296 e. The average Bonchev–Trinajstić information content (AvgIpc) is 2.62. The van der Waals surface area contributed by atoms with Gasteiger partial charge in [0.15, 0.2) is 0 Å². The lowest BCUT2D eigenvalue weighted by Crippen LogP contribution is -2.48. The van der Waals surface area contributed by atoms with E-state index in [9.17, 15) is 21.6 Å². The molecule has 148 valence electrons. The number of hydrogen-bond donors (Lipinski definition) is 0. The molecule has 2 aromatic carbocycles. The Morgan fingerprint density at radius 3 is 2.11 bits per heavy atom. The first-order valence-electron chi connectivity index (χ1n) is 8.20. The van der Waals surface area contributed by atoms with E-state index in [1.165, 1.54) is 10.4 Å². The van der Waals surface area contributed by atoms with E-state index in [0.717, 1.165) is 24.2 Å². The second-order valence-corrected chi connectivity index (χ2v) is 8.13. The van der Waals surface area contributed by atoms with E-state index in [4.69, 9.17) is 0 Å². The second kappa shape index (κ2) is 8.60. The summed E-state index contributed by atoms with van der Waals surface area (Å²) in [5.41, 5.74) is 0.183. The van der Waals surface area contributed by atoms with Gasteiger partial charge in [-0.05, 0) is 23.8 Å². The summed E-state index contributed by atoms with van der Waals surface area (Å²) in [7, 11) is -3.93. The third-order valence-corrected chi connectivity index (χ3v) is 6.27. The molecule has 3 rings (SSSR count). The van der Waals surface area contributed by atoms with Gasteiger partial charge in [0.05, 0.1) is 10.5 Å². The van der Waals surface area contributed by atoms with Gasteiger partial charge in [-0.15, -0.1) is 12.4 Å². The van der Waals surface area contributed by atoms with E-state index in [0.29, 0.717) is 19.2 Å². The van der Waals surface area contributed by atoms with Gasteiger partial charge >= 0.3 is 6.18 Å². The minimum atomic E-state index is -4.57. The van der Waals surface area contributed by atoms with Crippen molar-refractivity contribution < 1.29 is 21.6 Å². The van der Waals surface area contributed by atoms with Crippen LogP contribution >= 0.6 is 12.4 Å². The Morgan fingerprint density at radius 1 is 0.889 bits per heavy atom. The zero-order chi connectivity index (χ0) is 18.8. The lowest BCUT2D eigenvalue weighted by Gasteiger charge is -2.34. The monoisotopic (exact) mass is 420 g/mol. The standard InChI is InChI=1S/C18H19F3N2O2S.ClH/c19-18(20,21)16-7-4-8-17(13-16)26(24,25)23-11-9-22(10-12-23)14-15-5-2-1-3-6-15;/h1-8,13H,9-12,14H2;1H. The van der Waals surface area contributed by atoms with E-state index in [1.54, 1.807) is 0 Å². The van der Waals surface area contributed by atoms with Gasteiger partial charge in [-0.25, -0.2) is 8.42 Å². The van der Waals surface area contributed by atoms with Crippen molar-refractivity contribution in [1.82, 2.24) is 9.21 Å². The highest BCUT2D eigenvalue weighted by Crippen LogP contribution is 2.31. The molecule has 1 heterocycles. The van der Waals surface area contributed by atoms with Crippen LogP contribution in [0.2, 0.25) is 0 Å². The molecule has 0 amide bonds. The van der Waals surface area contributed by atoms with Crippen molar-refractivity contribution in [3.8, 4) is 0 Å². The average molecular weight is 421 g/mol. The Morgan fingerprint density at radius 2 is 1.52 bits per heavy atom. The molecule has 1 aliphatic heterocycles. The first-order chi connectivity index (χ1) is 12.3. The Bertz CT molecular complexity index is 852. The van der Waals surface area contributed by atoms with E-state index in [-0.39, 0.29) is 30.4 Å². The first-order valence-corrected chi connectivity index (χ1v) is 9.64. The largest absolute Gasteiger partial charge is 0.416 e. The van der Waals surface area contributed by atoms with Gasteiger partial charge in [-0.1, -0.05) is 36.4 Å². The second-order valence-electron chi connectivity index (χ2n) is 6.19. The quantitative estimate of drug-likeness (QED) is 0.758. The fourth-order valence-corrected chi connectivity index (χ4v) is 4.42. The summed E-state index contributed by atoms with van der Waals surface area (Å²) >= 11 is 0. The van der Waals surface area contributed by atoms with Crippen LogP contribution in [0.1, 0.15) is 11.1 Å². The molecule has 27 heavy (non-hydrogen) atoms. The third kappa shape index (κ3) is 5.22. The SMILES string of the molecule is Cl.O=S(=O)(c1cccc(C(F)(F)F)c1)N1CCN(Cc2ccccc2)CC1. The maximum atomic E-state index is 12.8. The van der Waals surface area contributed by atoms with Crippen LogP contribution in [0.4, 0.5) is 13.2 Å². The maximum absolute atomic E-state index is 12.8. The van der Waals surface area contributed by atoms with E-state index in [2.05, 4.69) is 4.90 Å². The predicted molar refractivity (Wildman–Crippen MR) is 99.2 cm³/mol. The molecule has 1 fully saturated rings. The number of sulfonamides is 1. The van der Waals surface area contributed by atoms with Crippen molar-refractivity contribution in [3.05, 3.63) is 65.7 Å². The molecule has 0 radical (unpaired) electrons. The van der Waals surface area contributed by atoms with Gasteiger partial charge in [-0.2, -0.15) is 17.5 Å². The van der Waals surface area contributed by atoms with Crippen LogP contribution in [0.3, 0.4) is 0 Å². The fraction of sp³-hybridized carbons (Fsp3) is 0.333. The van der Waals surface area contributed by atoms with Crippen molar-refractivity contribution in [2.45, 2.75) is 17.6 Å². The first kappa shape index (κ1) is 21.7. The van der Waals surface area contributed by atoms with E-state index >= 15 is 0 Å². The van der Waals surface area contributed by atoms with Crippen LogP contribution < -0.4 is 0 Å². The number of rotatable bonds is 4. The van der Waals surface area contributed by atoms with E-state index < -0.39 is 21.8 Å². The molecule has 2 aromatic rings. The molecule has 4 nitrogen and oxygen atoms in total. The lowest BCUT2D eigenvalue weighted by molar-refractivity contribution is -0.137. The molecule has 9 heteroatoms. The Labute approximate surface area is 163 Å². The Kier molecular flexibility index (Phi) is 6.91. The summed E-state index contributed by atoms with van der Waals surface area (Å²) in [6, 6.07) is 13.7. The Balaban J connectivity index is 0.00000261. The van der Waals surface area contributed by atoms with Crippen LogP contribution in [0.5, 0.6) is 0 Å². The molecule has 0 N–H and O–H groups in total. The molecule has 0 atom stereocenters. The van der Waals surface area contributed by atoms with Crippen molar-refractivity contribution in [1.29, 1.82) is 0 Å². The molecule has 0 bridgehead atoms. The third-order valence-electron chi connectivity index (χ3n) is 4.38. The summed E-state index contributed by atoms with van der Waals surface area (Å²) in [5.74, 6) is 0.